The number of halogens is 1. The Labute approximate surface area is 98.8 Å². The standard InChI is InChI=1S/C12H14FN3O/c1-7-4-5-9(17-3)11(12(7)13)8-6-10(14)16(2)15-8/h4-6H,14H2,1-3H3. The van der Waals surface area contributed by atoms with E-state index in [1.807, 2.05) is 0 Å². The zero-order chi connectivity index (χ0) is 12.6. The molecule has 2 rings (SSSR count). The molecule has 90 valence electrons. The van der Waals surface area contributed by atoms with E-state index >= 15 is 0 Å². The molecule has 0 saturated heterocycles. The van der Waals surface area contributed by atoms with Crippen LogP contribution in [0.15, 0.2) is 18.2 Å². The number of benzene rings is 1. The number of ether oxygens (including phenoxy) is 1. The molecule has 0 saturated carbocycles. The number of anilines is 1. The summed E-state index contributed by atoms with van der Waals surface area (Å²) >= 11 is 0. The van der Waals surface area contributed by atoms with Crippen molar-refractivity contribution in [2.75, 3.05) is 12.8 Å². The predicted octanol–water partition coefficient (Wildman–Crippen LogP) is 2.13. The van der Waals surface area contributed by atoms with E-state index in [2.05, 4.69) is 5.10 Å². The van der Waals surface area contributed by atoms with Crippen LogP contribution in [-0.4, -0.2) is 16.9 Å². The smallest absolute Gasteiger partial charge is 0.139 e. The number of nitrogens with two attached hydrogens (primary N) is 1. The Hall–Kier alpha value is -2.04. The molecule has 0 fully saturated rings. The Morgan fingerprint density at radius 3 is 2.65 bits per heavy atom. The van der Waals surface area contributed by atoms with Gasteiger partial charge in [-0.25, -0.2) is 4.39 Å². The molecule has 0 bridgehead atoms. The number of hydrogen-bond acceptors (Lipinski definition) is 3. The maximum Gasteiger partial charge on any atom is 0.139 e. The van der Waals surface area contributed by atoms with Crippen LogP contribution in [0.25, 0.3) is 11.3 Å². The largest absolute Gasteiger partial charge is 0.496 e. The number of hydrogen-bond donors (Lipinski definition) is 1. The van der Waals surface area contributed by atoms with Crippen LogP contribution in [0.4, 0.5) is 10.2 Å². The maximum atomic E-state index is 14.1. The first-order chi connectivity index (χ1) is 8.04. The fourth-order valence-corrected chi connectivity index (χ4v) is 1.68. The number of nitrogen functional groups attached to an aromatic ring is 1. The van der Waals surface area contributed by atoms with Crippen LogP contribution < -0.4 is 10.5 Å². The third-order valence-electron chi connectivity index (χ3n) is 2.69. The second-order valence-electron chi connectivity index (χ2n) is 3.85. The molecule has 2 N–H and O–H groups in total. The third-order valence-corrected chi connectivity index (χ3v) is 2.69. The molecule has 0 unspecified atom stereocenters. The first kappa shape index (κ1) is 11.4. The quantitative estimate of drug-likeness (QED) is 0.867. The molecule has 2 aromatic rings. The lowest BCUT2D eigenvalue weighted by Gasteiger charge is -2.09. The minimum Gasteiger partial charge on any atom is -0.496 e. The average molecular weight is 235 g/mol. The summed E-state index contributed by atoms with van der Waals surface area (Å²) in [5.74, 6) is 0.594. The summed E-state index contributed by atoms with van der Waals surface area (Å²) in [6.45, 7) is 1.70. The summed E-state index contributed by atoms with van der Waals surface area (Å²) in [5, 5.41) is 4.16. The van der Waals surface area contributed by atoms with Gasteiger partial charge in [-0.15, -0.1) is 0 Å². The Morgan fingerprint density at radius 2 is 2.12 bits per heavy atom. The highest BCUT2D eigenvalue weighted by Gasteiger charge is 2.17. The van der Waals surface area contributed by atoms with Crippen molar-refractivity contribution in [3.63, 3.8) is 0 Å². The second kappa shape index (κ2) is 4.08. The van der Waals surface area contributed by atoms with Crippen molar-refractivity contribution in [1.29, 1.82) is 0 Å². The summed E-state index contributed by atoms with van der Waals surface area (Å²) < 4.78 is 20.8. The number of rotatable bonds is 2. The van der Waals surface area contributed by atoms with Gasteiger partial charge in [0.25, 0.3) is 0 Å². The second-order valence-corrected chi connectivity index (χ2v) is 3.85. The highest BCUT2D eigenvalue weighted by atomic mass is 19.1. The van der Waals surface area contributed by atoms with Crippen LogP contribution in [0.5, 0.6) is 5.75 Å². The molecule has 0 atom stereocenters. The van der Waals surface area contributed by atoms with Crippen molar-refractivity contribution in [2.24, 2.45) is 7.05 Å². The van der Waals surface area contributed by atoms with Crippen LogP contribution in [0.3, 0.4) is 0 Å². The van der Waals surface area contributed by atoms with E-state index in [-0.39, 0.29) is 5.82 Å². The number of aromatic nitrogens is 2. The number of aryl methyl sites for hydroxylation is 2. The van der Waals surface area contributed by atoms with Gasteiger partial charge in [-0.05, 0) is 18.6 Å². The van der Waals surface area contributed by atoms with Crippen molar-refractivity contribution in [3.8, 4) is 17.0 Å². The maximum absolute atomic E-state index is 14.1. The highest BCUT2D eigenvalue weighted by Crippen LogP contribution is 2.33. The van der Waals surface area contributed by atoms with Gasteiger partial charge in [0.05, 0.1) is 12.7 Å². The molecule has 0 spiro atoms. The predicted molar refractivity (Wildman–Crippen MR) is 64.3 cm³/mol. The molecule has 0 radical (unpaired) electrons. The molecular formula is C12H14FN3O. The first-order valence-electron chi connectivity index (χ1n) is 5.17. The van der Waals surface area contributed by atoms with Crippen molar-refractivity contribution >= 4 is 5.82 Å². The van der Waals surface area contributed by atoms with Crippen LogP contribution in [0.1, 0.15) is 5.56 Å². The lowest BCUT2D eigenvalue weighted by molar-refractivity contribution is 0.413. The van der Waals surface area contributed by atoms with Gasteiger partial charge in [0.2, 0.25) is 0 Å². The SMILES string of the molecule is COc1ccc(C)c(F)c1-c1cc(N)n(C)n1. The number of methoxy groups -OCH3 is 1. The van der Waals surface area contributed by atoms with Crippen LogP contribution in [0, 0.1) is 12.7 Å². The summed E-state index contributed by atoms with van der Waals surface area (Å²) in [6.07, 6.45) is 0. The van der Waals surface area contributed by atoms with Crippen LogP contribution in [-0.2, 0) is 7.05 Å². The normalized spacial score (nSPS) is 10.6. The molecule has 0 amide bonds. The zero-order valence-electron chi connectivity index (χ0n) is 9.99. The molecule has 1 aromatic heterocycles. The molecule has 4 nitrogen and oxygen atoms in total. The van der Waals surface area contributed by atoms with E-state index in [4.69, 9.17) is 10.5 Å². The lowest BCUT2D eigenvalue weighted by atomic mass is 10.1. The minimum atomic E-state index is -0.331. The third kappa shape index (κ3) is 1.84. The Kier molecular flexibility index (Phi) is 2.75. The molecule has 17 heavy (non-hydrogen) atoms. The van der Waals surface area contributed by atoms with Gasteiger partial charge in [0, 0.05) is 13.1 Å². The summed E-state index contributed by atoms with van der Waals surface area (Å²) in [4.78, 5) is 0. The molecule has 0 aliphatic heterocycles. The van der Waals surface area contributed by atoms with Crippen LogP contribution in [0.2, 0.25) is 0 Å². The topological polar surface area (TPSA) is 53.1 Å². The fourth-order valence-electron chi connectivity index (χ4n) is 1.68. The van der Waals surface area contributed by atoms with Gasteiger partial charge >= 0.3 is 0 Å². The van der Waals surface area contributed by atoms with Gasteiger partial charge in [-0.1, -0.05) is 6.07 Å². The van der Waals surface area contributed by atoms with Crippen molar-refractivity contribution in [1.82, 2.24) is 9.78 Å². The Bertz CT molecular complexity index is 544. The van der Waals surface area contributed by atoms with Gasteiger partial charge in [0.1, 0.15) is 23.1 Å². The number of nitrogens with zero attached hydrogens (tertiary/aromatic N) is 2. The van der Waals surface area contributed by atoms with Gasteiger partial charge in [0.15, 0.2) is 0 Å². The highest BCUT2D eigenvalue weighted by molar-refractivity contribution is 5.70. The van der Waals surface area contributed by atoms with Gasteiger partial charge in [-0.2, -0.15) is 5.10 Å². The molecule has 0 aliphatic rings. The van der Waals surface area contributed by atoms with E-state index in [1.54, 1.807) is 32.2 Å². The Morgan fingerprint density at radius 1 is 1.41 bits per heavy atom. The van der Waals surface area contributed by atoms with E-state index in [1.165, 1.54) is 11.8 Å². The first-order valence-corrected chi connectivity index (χ1v) is 5.17. The summed E-state index contributed by atoms with van der Waals surface area (Å²) in [6, 6.07) is 5.02. The van der Waals surface area contributed by atoms with E-state index < -0.39 is 0 Å². The molecule has 0 aliphatic carbocycles. The van der Waals surface area contributed by atoms with Gasteiger partial charge < -0.3 is 10.5 Å². The summed E-state index contributed by atoms with van der Waals surface area (Å²) in [7, 11) is 3.21. The van der Waals surface area contributed by atoms with E-state index in [0.29, 0.717) is 28.4 Å². The van der Waals surface area contributed by atoms with Crippen LogP contribution >= 0.6 is 0 Å². The van der Waals surface area contributed by atoms with Crippen molar-refractivity contribution in [2.45, 2.75) is 6.92 Å². The van der Waals surface area contributed by atoms with Crippen molar-refractivity contribution < 1.29 is 9.13 Å². The molecular weight excluding hydrogens is 221 g/mol. The van der Waals surface area contributed by atoms with E-state index in [9.17, 15) is 4.39 Å². The van der Waals surface area contributed by atoms with Crippen molar-refractivity contribution in [3.05, 3.63) is 29.6 Å². The minimum absolute atomic E-state index is 0.331. The lowest BCUT2D eigenvalue weighted by Crippen LogP contribution is -1.98. The van der Waals surface area contributed by atoms with E-state index in [0.717, 1.165) is 0 Å². The van der Waals surface area contributed by atoms with Gasteiger partial charge in [-0.3, -0.25) is 4.68 Å². The summed E-state index contributed by atoms with van der Waals surface area (Å²) in [5.41, 5.74) is 7.06. The zero-order valence-corrected chi connectivity index (χ0v) is 9.99. The Balaban J connectivity index is 2.68. The molecule has 5 heteroatoms. The monoisotopic (exact) mass is 235 g/mol. The fraction of sp³-hybridized carbons (Fsp3) is 0.250. The average Bonchev–Trinajstić information content (AvgIpc) is 2.62. The molecule has 1 heterocycles. The molecule has 1 aromatic carbocycles.